The van der Waals surface area contributed by atoms with E-state index in [0.29, 0.717) is 11.5 Å². The molecule has 92 valence electrons. The number of nitriles is 1. The van der Waals surface area contributed by atoms with Crippen LogP contribution in [0.1, 0.15) is 43.5 Å². The summed E-state index contributed by atoms with van der Waals surface area (Å²) < 4.78 is 2.20. The molecule has 1 heterocycles. The standard InChI is InChI=1S/C15H17N3/c1-10-4-3-5-12(10)15-17-13-8-11(9-16)6-7-14(13)18(15)2/h6-8,10,12H,3-5H2,1-2H3. The monoisotopic (exact) mass is 239 g/mol. The van der Waals surface area contributed by atoms with Crippen LogP contribution in [0.15, 0.2) is 18.2 Å². The molecule has 2 aromatic rings. The predicted octanol–water partition coefficient (Wildman–Crippen LogP) is 3.35. The molecular formula is C15H17N3. The van der Waals surface area contributed by atoms with E-state index in [2.05, 4.69) is 24.6 Å². The molecule has 0 aliphatic heterocycles. The zero-order valence-electron chi connectivity index (χ0n) is 10.8. The van der Waals surface area contributed by atoms with Crippen LogP contribution in [0.25, 0.3) is 11.0 Å². The average Bonchev–Trinajstić information content (AvgIpc) is 2.93. The van der Waals surface area contributed by atoms with E-state index in [-0.39, 0.29) is 0 Å². The number of aryl methyl sites for hydroxylation is 1. The molecule has 1 aliphatic carbocycles. The van der Waals surface area contributed by atoms with Crippen LogP contribution in [-0.2, 0) is 7.05 Å². The van der Waals surface area contributed by atoms with E-state index in [0.717, 1.165) is 17.0 Å². The van der Waals surface area contributed by atoms with Crippen LogP contribution in [0.2, 0.25) is 0 Å². The van der Waals surface area contributed by atoms with Crippen molar-refractivity contribution in [3.8, 4) is 6.07 Å². The number of fused-ring (bicyclic) bond motifs is 1. The summed E-state index contributed by atoms with van der Waals surface area (Å²) in [5.74, 6) is 2.48. The van der Waals surface area contributed by atoms with Crippen LogP contribution < -0.4 is 0 Å². The topological polar surface area (TPSA) is 41.6 Å². The minimum atomic E-state index is 0.577. The third-order valence-electron chi connectivity index (χ3n) is 4.24. The van der Waals surface area contributed by atoms with Gasteiger partial charge in [-0.15, -0.1) is 0 Å². The van der Waals surface area contributed by atoms with E-state index in [4.69, 9.17) is 10.2 Å². The maximum Gasteiger partial charge on any atom is 0.112 e. The highest BCUT2D eigenvalue weighted by molar-refractivity contribution is 5.77. The number of benzene rings is 1. The first-order chi connectivity index (χ1) is 8.70. The number of hydrogen-bond acceptors (Lipinski definition) is 2. The highest BCUT2D eigenvalue weighted by atomic mass is 15.1. The van der Waals surface area contributed by atoms with Crippen molar-refractivity contribution >= 4 is 11.0 Å². The molecule has 18 heavy (non-hydrogen) atoms. The molecule has 1 aromatic carbocycles. The molecule has 0 bridgehead atoms. The van der Waals surface area contributed by atoms with Gasteiger partial charge in [-0.2, -0.15) is 5.26 Å². The molecule has 0 N–H and O–H groups in total. The van der Waals surface area contributed by atoms with Gasteiger partial charge in [0.05, 0.1) is 22.7 Å². The first-order valence-electron chi connectivity index (χ1n) is 6.57. The summed E-state index contributed by atoms with van der Waals surface area (Å²) in [4.78, 5) is 4.77. The van der Waals surface area contributed by atoms with Crippen LogP contribution >= 0.6 is 0 Å². The number of imidazole rings is 1. The van der Waals surface area contributed by atoms with Gasteiger partial charge in [0.15, 0.2) is 0 Å². The molecule has 1 saturated carbocycles. The molecule has 0 radical (unpaired) electrons. The van der Waals surface area contributed by atoms with E-state index in [9.17, 15) is 0 Å². The molecule has 0 spiro atoms. The van der Waals surface area contributed by atoms with Crippen molar-refractivity contribution in [3.05, 3.63) is 29.6 Å². The Labute approximate surface area is 107 Å². The summed E-state index contributed by atoms with van der Waals surface area (Å²) >= 11 is 0. The van der Waals surface area contributed by atoms with Crippen molar-refractivity contribution in [2.75, 3.05) is 0 Å². The Bertz CT molecular complexity index is 633. The molecule has 3 nitrogen and oxygen atoms in total. The second-order valence-electron chi connectivity index (χ2n) is 5.36. The lowest BCUT2D eigenvalue weighted by molar-refractivity contribution is 0.499. The number of aromatic nitrogens is 2. The number of rotatable bonds is 1. The Morgan fingerprint density at radius 1 is 1.39 bits per heavy atom. The zero-order valence-corrected chi connectivity index (χ0v) is 10.8. The van der Waals surface area contributed by atoms with Crippen LogP contribution in [0.3, 0.4) is 0 Å². The minimum absolute atomic E-state index is 0.577. The highest BCUT2D eigenvalue weighted by Crippen LogP contribution is 2.39. The van der Waals surface area contributed by atoms with Crippen molar-refractivity contribution in [1.82, 2.24) is 9.55 Å². The van der Waals surface area contributed by atoms with Crippen molar-refractivity contribution in [2.45, 2.75) is 32.1 Å². The molecule has 1 aliphatic rings. The predicted molar refractivity (Wildman–Crippen MR) is 71.2 cm³/mol. The minimum Gasteiger partial charge on any atom is -0.331 e. The largest absolute Gasteiger partial charge is 0.331 e. The summed E-state index contributed by atoms with van der Waals surface area (Å²) in [6, 6.07) is 7.94. The molecule has 0 saturated heterocycles. The lowest BCUT2D eigenvalue weighted by atomic mass is 9.97. The smallest absolute Gasteiger partial charge is 0.112 e. The molecule has 1 fully saturated rings. The quantitative estimate of drug-likeness (QED) is 0.765. The fourth-order valence-corrected chi connectivity index (χ4v) is 3.15. The summed E-state index contributed by atoms with van der Waals surface area (Å²) in [6.45, 7) is 2.32. The van der Waals surface area contributed by atoms with E-state index in [1.807, 2.05) is 18.2 Å². The van der Waals surface area contributed by atoms with Gasteiger partial charge >= 0.3 is 0 Å². The molecule has 2 unspecified atom stereocenters. The van der Waals surface area contributed by atoms with Crippen LogP contribution in [-0.4, -0.2) is 9.55 Å². The van der Waals surface area contributed by atoms with Crippen molar-refractivity contribution in [1.29, 1.82) is 5.26 Å². The molecule has 0 amide bonds. The van der Waals surface area contributed by atoms with Crippen LogP contribution in [0.5, 0.6) is 0 Å². The lowest BCUT2D eigenvalue weighted by Gasteiger charge is -2.14. The molecule has 3 heteroatoms. The SMILES string of the molecule is CC1CCCC1c1nc2cc(C#N)ccc2n1C. The Morgan fingerprint density at radius 2 is 2.22 bits per heavy atom. The Balaban J connectivity index is 2.13. The van der Waals surface area contributed by atoms with Gasteiger partial charge in [-0.1, -0.05) is 13.3 Å². The second-order valence-corrected chi connectivity index (χ2v) is 5.36. The van der Waals surface area contributed by atoms with Crippen molar-refractivity contribution < 1.29 is 0 Å². The second kappa shape index (κ2) is 4.13. The fraction of sp³-hybridized carbons (Fsp3) is 0.467. The fourth-order valence-electron chi connectivity index (χ4n) is 3.15. The van der Waals surface area contributed by atoms with Gasteiger partial charge in [-0.05, 0) is 37.0 Å². The average molecular weight is 239 g/mol. The first-order valence-corrected chi connectivity index (χ1v) is 6.57. The van der Waals surface area contributed by atoms with Gasteiger partial charge in [0.2, 0.25) is 0 Å². The maximum absolute atomic E-state index is 8.94. The summed E-state index contributed by atoms with van der Waals surface area (Å²) in [7, 11) is 2.09. The van der Waals surface area contributed by atoms with Gasteiger partial charge in [0.1, 0.15) is 5.82 Å². The molecule has 3 rings (SSSR count). The van der Waals surface area contributed by atoms with E-state index in [1.165, 1.54) is 25.1 Å². The summed E-state index contributed by atoms with van der Waals surface area (Å²) in [6.07, 6.45) is 3.85. The van der Waals surface area contributed by atoms with E-state index >= 15 is 0 Å². The van der Waals surface area contributed by atoms with Crippen LogP contribution in [0, 0.1) is 17.2 Å². The first kappa shape index (κ1) is 11.3. The van der Waals surface area contributed by atoms with Crippen molar-refractivity contribution in [3.63, 3.8) is 0 Å². The Hall–Kier alpha value is -1.82. The normalized spacial score (nSPS) is 23.4. The third-order valence-corrected chi connectivity index (χ3v) is 4.24. The van der Waals surface area contributed by atoms with Gasteiger partial charge < -0.3 is 4.57 Å². The summed E-state index contributed by atoms with van der Waals surface area (Å²) in [5.41, 5.74) is 2.76. The molecule has 2 atom stereocenters. The van der Waals surface area contributed by atoms with E-state index in [1.54, 1.807) is 0 Å². The van der Waals surface area contributed by atoms with Gasteiger partial charge in [-0.3, -0.25) is 0 Å². The van der Waals surface area contributed by atoms with Gasteiger partial charge in [0, 0.05) is 13.0 Å². The maximum atomic E-state index is 8.94. The Morgan fingerprint density at radius 3 is 2.89 bits per heavy atom. The van der Waals surface area contributed by atoms with E-state index < -0.39 is 0 Å². The van der Waals surface area contributed by atoms with Crippen LogP contribution in [0.4, 0.5) is 0 Å². The lowest BCUT2D eigenvalue weighted by Crippen LogP contribution is -2.08. The Kier molecular flexibility index (Phi) is 2.59. The number of nitrogens with zero attached hydrogens (tertiary/aromatic N) is 3. The highest BCUT2D eigenvalue weighted by Gasteiger charge is 2.28. The summed E-state index contributed by atoms with van der Waals surface area (Å²) in [5, 5.41) is 8.94. The third kappa shape index (κ3) is 1.60. The number of hydrogen-bond donors (Lipinski definition) is 0. The molecule has 1 aromatic heterocycles. The zero-order chi connectivity index (χ0) is 12.7. The van der Waals surface area contributed by atoms with Gasteiger partial charge in [0.25, 0.3) is 0 Å². The molecular weight excluding hydrogens is 222 g/mol. The van der Waals surface area contributed by atoms with Gasteiger partial charge in [-0.25, -0.2) is 4.98 Å². The van der Waals surface area contributed by atoms with Crippen molar-refractivity contribution in [2.24, 2.45) is 13.0 Å².